The second kappa shape index (κ2) is 6.99. The molecule has 2 aromatic rings. The van der Waals surface area contributed by atoms with Crippen LogP contribution in [0.3, 0.4) is 0 Å². The number of methoxy groups -OCH3 is 1. The summed E-state index contributed by atoms with van der Waals surface area (Å²) in [5.74, 6) is -0.368. The zero-order valence-corrected chi connectivity index (χ0v) is 16.7. The Hall–Kier alpha value is -1.95. The molecule has 0 unspecified atom stereocenters. The Morgan fingerprint density at radius 1 is 1.38 bits per heavy atom. The minimum atomic E-state index is -0.615. The molecule has 26 heavy (non-hydrogen) atoms. The fourth-order valence-electron chi connectivity index (χ4n) is 3.06. The van der Waals surface area contributed by atoms with E-state index in [1.165, 1.54) is 48.3 Å². The molecular weight excluding hydrogens is 351 g/mol. The van der Waals surface area contributed by atoms with Crippen molar-refractivity contribution in [3.63, 3.8) is 0 Å². The highest BCUT2D eigenvalue weighted by Crippen LogP contribution is 2.33. The summed E-state index contributed by atoms with van der Waals surface area (Å²) in [7, 11) is 1.42. The van der Waals surface area contributed by atoms with Gasteiger partial charge in [0.15, 0.2) is 4.80 Å². The topological polar surface area (TPSA) is 43.6 Å². The van der Waals surface area contributed by atoms with Gasteiger partial charge in [-0.15, -0.1) is 11.3 Å². The Morgan fingerprint density at radius 2 is 2.08 bits per heavy atom. The van der Waals surface area contributed by atoms with Gasteiger partial charge in [-0.2, -0.15) is 4.99 Å². The molecule has 1 heterocycles. The molecule has 1 saturated carbocycles. The van der Waals surface area contributed by atoms with E-state index in [1.807, 2.05) is 0 Å². The maximum Gasteiger partial charge on any atom is 0.286 e. The van der Waals surface area contributed by atoms with Crippen molar-refractivity contribution >= 4 is 17.2 Å². The Kier molecular flexibility index (Phi) is 5.06. The number of hydrogen-bond donors (Lipinski definition) is 0. The summed E-state index contributed by atoms with van der Waals surface area (Å²) >= 11 is 1.52. The lowest BCUT2D eigenvalue weighted by molar-refractivity contribution is 0.0990. The summed E-state index contributed by atoms with van der Waals surface area (Å²) in [5.41, 5.74) is 0.991. The summed E-state index contributed by atoms with van der Waals surface area (Å²) in [5, 5.41) is 0. The first-order valence-corrected chi connectivity index (χ1v) is 9.66. The van der Waals surface area contributed by atoms with Crippen LogP contribution in [-0.4, -0.2) is 17.6 Å². The van der Waals surface area contributed by atoms with Crippen LogP contribution in [0.15, 0.2) is 23.2 Å². The number of amides is 1. The number of nitrogens with zero attached hydrogens (tertiary/aromatic N) is 2. The van der Waals surface area contributed by atoms with Crippen molar-refractivity contribution in [2.75, 3.05) is 7.11 Å². The number of halogens is 1. The molecule has 1 amide bonds. The molecule has 0 bridgehead atoms. The van der Waals surface area contributed by atoms with Gasteiger partial charge in [0.1, 0.15) is 17.1 Å². The third kappa shape index (κ3) is 3.75. The van der Waals surface area contributed by atoms with Crippen LogP contribution in [0.4, 0.5) is 4.39 Å². The van der Waals surface area contributed by atoms with Crippen LogP contribution in [0, 0.1) is 18.7 Å². The number of hydrogen-bond acceptors (Lipinski definition) is 3. The molecule has 4 nitrogen and oxygen atoms in total. The standard InChI is InChI=1S/C20H25FN2O2S/c1-12-17(20(2,3)4)26-19(23(12)11-13-9-10-13)22-18(24)16-14(21)7-6-8-15(16)25-5/h6-8,13H,9-11H2,1-5H3/b22-19-. The van der Waals surface area contributed by atoms with Crippen LogP contribution in [0.1, 0.15) is 54.5 Å². The predicted octanol–water partition coefficient (Wildman–Crippen LogP) is 4.45. The SMILES string of the molecule is COc1cccc(F)c1C(=O)/N=c1\sc(C(C)(C)C)c(C)n1CC1CC1. The van der Waals surface area contributed by atoms with Gasteiger partial charge in [-0.1, -0.05) is 26.8 Å². The number of aromatic nitrogens is 1. The van der Waals surface area contributed by atoms with Crippen molar-refractivity contribution in [2.24, 2.45) is 10.9 Å². The molecule has 1 aromatic carbocycles. The number of ether oxygens (including phenoxy) is 1. The van der Waals surface area contributed by atoms with E-state index in [9.17, 15) is 9.18 Å². The summed E-state index contributed by atoms with van der Waals surface area (Å²) in [6.45, 7) is 9.39. The normalized spacial score (nSPS) is 15.4. The van der Waals surface area contributed by atoms with E-state index in [0.29, 0.717) is 10.7 Å². The highest BCUT2D eigenvalue weighted by Gasteiger charge is 2.27. The fraction of sp³-hybridized carbons (Fsp3) is 0.500. The quantitative estimate of drug-likeness (QED) is 0.791. The van der Waals surface area contributed by atoms with Crippen molar-refractivity contribution < 1.29 is 13.9 Å². The number of thiazole rings is 1. The first kappa shape index (κ1) is 18.8. The molecule has 1 aliphatic carbocycles. The Bertz CT molecular complexity index is 902. The maximum absolute atomic E-state index is 14.2. The van der Waals surface area contributed by atoms with E-state index in [-0.39, 0.29) is 16.7 Å². The number of benzene rings is 1. The first-order valence-electron chi connectivity index (χ1n) is 8.84. The lowest BCUT2D eigenvalue weighted by Crippen LogP contribution is -2.20. The molecule has 6 heteroatoms. The maximum atomic E-state index is 14.2. The minimum Gasteiger partial charge on any atom is -0.496 e. The van der Waals surface area contributed by atoms with Crippen molar-refractivity contribution in [2.45, 2.75) is 52.5 Å². The predicted molar refractivity (Wildman–Crippen MR) is 101 cm³/mol. The Labute approximate surface area is 157 Å². The van der Waals surface area contributed by atoms with Gasteiger partial charge in [0, 0.05) is 17.1 Å². The second-order valence-electron chi connectivity index (χ2n) is 7.84. The molecular formula is C20H25FN2O2S. The van der Waals surface area contributed by atoms with Crippen molar-refractivity contribution in [1.29, 1.82) is 0 Å². The van der Waals surface area contributed by atoms with Crippen molar-refractivity contribution in [3.8, 4) is 5.75 Å². The smallest absolute Gasteiger partial charge is 0.286 e. The zero-order chi connectivity index (χ0) is 19.1. The lowest BCUT2D eigenvalue weighted by atomic mass is 9.93. The lowest BCUT2D eigenvalue weighted by Gasteiger charge is -2.17. The van der Waals surface area contributed by atoms with Gasteiger partial charge >= 0.3 is 0 Å². The van der Waals surface area contributed by atoms with Crippen LogP contribution in [0.25, 0.3) is 0 Å². The molecule has 0 N–H and O–H groups in total. The van der Waals surface area contributed by atoms with Crippen LogP contribution in [-0.2, 0) is 12.0 Å². The van der Waals surface area contributed by atoms with Crippen molar-refractivity contribution in [1.82, 2.24) is 4.57 Å². The summed E-state index contributed by atoms with van der Waals surface area (Å²) in [4.78, 5) is 18.9. The van der Waals surface area contributed by atoms with Crippen LogP contribution in [0.5, 0.6) is 5.75 Å². The third-order valence-corrected chi connectivity index (χ3v) is 6.19. The molecule has 140 valence electrons. The van der Waals surface area contributed by atoms with Crippen LogP contribution in [0.2, 0.25) is 0 Å². The number of carbonyl (C=O) groups excluding carboxylic acids is 1. The minimum absolute atomic E-state index is 0.0352. The van der Waals surface area contributed by atoms with Gasteiger partial charge < -0.3 is 9.30 Å². The highest BCUT2D eigenvalue weighted by molar-refractivity contribution is 7.09. The average Bonchev–Trinajstić information content (AvgIpc) is 3.33. The Balaban J connectivity index is 2.12. The number of rotatable bonds is 4. The van der Waals surface area contributed by atoms with E-state index < -0.39 is 11.7 Å². The van der Waals surface area contributed by atoms with Gasteiger partial charge in [0.05, 0.1) is 7.11 Å². The molecule has 1 fully saturated rings. The van der Waals surface area contributed by atoms with Gasteiger partial charge in [-0.3, -0.25) is 4.79 Å². The average molecular weight is 376 g/mol. The molecule has 0 saturated heterocycles. The molecule has 0 atom stereocenters. The molecule has 1 aliphatic rings. The van der Waals surface area contributed by atoms with E-state index >= 15 is 0 Å². The molecule has 0 spiro atoms. The highest BCUT2D eigenvalue weighted by atomic mass is 32.1. The number of carbonyl (C=O) groups is 1. The van der Waals surface area contributed by atoms with Crippen LogP contribution >= 0.6 is 11.3 Å². The van der Waals surface area contributed by atoms with E-state index in [1.54, 1.807) is 6.07 Å². The second-order valence-corrected chi connectivity index (χ2v) is 8.81. The third-order valence-electron chi connectivity index (χ3n) is 4.58. The van der Waals surface area contributed by atoms with Crippen LogP contribution < -0.4 is 9.54 Å². The summed E-state index contributed by atoms with van der Waals surface area (Å²) in [6, 6.07) is 4.35. The van der Waals surface area contributed by atoms with E-state index in [2.05, 4.69) is 37.3 Å². The van der Waals surface area contributed by atoms with Gasteiger partial charge in [-0.25, -0.2) is 4.39 Å². The molecule has 0 radical (unpaired) electrons. The molecule has 1 aromatic heterocycles. The van der Waals surface area contributed by atoms with E-state index in [4.69, 9.17) is 4.74 Å². The van der Waals surface area contributed by atoms with Gasteiger partial charge in [0.2, 0.25) is 0 Å². The first-order chi connectivity index (χ1) is 12.2. The van der Waals surface area contributed by atoms with Crippen molar-refractivity contribution in [3.05, 3.63) is 45.0 Å². The summed E-state index contributed by atoms with van der Waals surface area (Å²) in [6.07, 6.45) is 2.42. The largest absolute Gasteiger partial charge is 0.496 e. The van der Waals surface area contributed by atoms with Gasteiger partial charge in [0.25, 0.3) is 5.91 Å². The zero-order valence-electron chi connectivity index (χ0n) is 15.9. The fourth-order valence-corrected chi connectivity index (χ4v) is 4.26. The Morgan fingerprint density at radius 3 is 2.65 bits per heavy atom. The molecule has 3 rings (SSSR count). The van der Waals surface area contributed by atoms with E-state index in [0.717, 1.165) is 12.2 Å². The molecule has 0 aliphatic heterocycles. The summed E-state index contributed by atoms with van der Waals surface area (Å²) < 4.78 is 21.5. The van der Waals surface area contributed by atoms with Gasteiger partial charge in [-0.05, 0) is 43.2 Å². The monoisotopic (exact) mass is 376 g/mol.